The maximum atomic E-state index is 15.2. The van der Waals surface area contributed by atoms with Crippen molar-refractivity contribution in [2.24, 2.45) is 0 Å². The number of alkyl halides is 1. The monoisotopic (exact) mass is 414 g/mol. The summed E-state index contributed by atoms with van der Waals surface area (Å²) in [4.78, 5) is 15.5. The van der Waals surface area contributed by atoms with Crippen LogP contribution in [0.15, 0.2) is 47.4 Å². The van der Waals surface area contributed by atoms with Gasteiger partial charge in [0, 0.05) is 10.8 Å². The van der Waals surface area contributed by atoms with Crippen LogP contribution in [0.4, 0.5) is 10.2 Å². The van der Waals surface area contributed by atoms with Gasteiger partial charge in [-0.1, -0.05) is 25.1 Å². The summed E-state index contributed by atoms with van der Waals surface area (Å²) >= 11 is 0. The molecule has 0 amide bonds. The van der Waals surface area contributed by atoms with Crippen molar-refractivity contribution in [3.8, 4) is 5.75 Å². The number of hydrogen-bond donors (Lipinski definition) is 2. The Morgan fingerprint density at radius 2 is 2.04 bits per heavy atom. The maximum Gasteiger partial charge on any atom is 0.750 e. The summed E-state index contributed by atoms with van der Waals surface area (Å²) in [5.74, 6) is -2.47. The number of ether oxygens (including phenoxy) is 1. The molecule has 0 saturated heterocycles. The van der Waals surface area contributed by atoms with E-state index in [0.717, 1.165) is 11.5 Å². The largest absolute Gasteiger partial charge is 0.750 e. The molecule has 11 heteroatoms. The minimum absolute atomic E-state index is 0.0107. The molecule has 0 aliphatic heterocycles. The number of rotatable bonds is 10. The Morgan fingerprint density at radius 3 is 2.61 bits per heavy atom. The van der Waals surface area contributed by atoms with E-state index in [1.54, 1.807) is 37.3 Å². The lowest BCUT2D eigenvalue weighted by Gasteiger charge is -2.31. The molecule has 4 atom stereocenters. The first-order chi connectivity index (χ1) is 13.2. The second kappa shape index (κ2) is 9.70. The molecule has 2 unspecified atom stereocenters. The van der Waals surface area contributed by atoms with Gasteiger partial charge in [0.2, 0.25) is 0 Å². The molecule has 0 saturated carbocycles. The van der Waals surface area contributed by atoms with Crippen molar-refractivity contribution >= 4 is 14.1 Å². The van der Waals surface area contributed by atoms with Crippen LogP contribution < -0.4 is 15.9 Å². The van der Waals surface area contributed by atoms with Crippen LogP contribution in [0.25, 0.3) is 0 Å². The fraction of sp³-hybridized carbons (Fsp3) is 0.412. The highest BCUT2D eigenvalue weighted by molar-refractivity contribution is 7.33. The molecular formula is C17H22FN3O6P+. The molecule has 9 nitrogen and oxygen atoms in total. The highest BCUT2D eigenvalue weighted by Crippen LogP contribution is 2.33. The van der Waals surface area contributed by atoms with Gasteiger partial charge >= 0.3 is 13.9 Å². The quantitative estimate of drug-likeness (QED) is 0.568. The molecular weight excluding hydrogens is 392 g/mol. The molecule has 0 aliphatic carbocycles. The Balaban J connectivity index is 2.08. The zero-order valence-corrected chi connectivity index (χ0v) is 16.3. The third-order valence-electron chi connectivity index (χ3n) is 3.76. The maximum absolute atomic E-state index is 15.2. The molecule has 2 rings (SSSR count). The summed E-state index contributed by atoms with van der Waals surface area (Å²) in [6.07, 6.45) is -1.27. The van der Waals surface area contributed by atoms with Crippen LogP contribution in [-0.2, 0) is 13.8 Å². The molecule has 1 heterocycles. The van der Waals surface area contributed by atoms with Gasteiger partial charge in [-0.3, -0.25) is 4.57 Å². The van der Waals surface area contributed by atoms with Crippen LogP contribution in [0.5, 0.6) is 5.75 Å². The predicted molar refractivity (Wildman–Crippen MR) is 99.5 cm³/mol. The second-order valence-corrected chi connectivity index (χ2v) is 6.77. The SMILES string of the molecule is CC[C@@H](OC(F)(CO[P+](=O)Oc1ccccc1)[C@H](C)O)n1ccc(N)nc1=O. The molecule has 0 aliphatic rings. The van der Waals surface area contributed by atoms with Gasteiger partial charge in [0.25, 0.3) is 5.85 Å². The Hall–Kier alpha value is -2.39. The molecule has 1 aromatic heterocycles. The van der Waals surface area contributed by atoms with Crippen molar-refractivity contribution in [1.29, 1.82) is 0 Å². The summed E-state index contributed by atoms with van der Waals surface area (Å²) in [6, 6.07) is 9.54. The van der Waals surface area contributed by atoms with Gasteiger partial charge in [-0.15, -0.1) is 4.52 Å². The zero-order valence-electron chi connectivity index (χ0n) is 15.4. The molecule has 152 valence electrons. The van der Waals surface area contributed by atoms with E-state index in [0.29, 0.717) is 0 Å². The van der Waals surface area contributed by atoms with Crippen molar-refractivity contribution in [3.63, 3.8) is 0 Å². The Bertz CT molecular complexity index is 850. The minimum atomic E-state index is -2.76. The van der Waals surface area contributed by atoms with Crippen LogP contribution >= 0.6 is 8.25 Å². The van der Waals surface area contributed by atoms with Gasteiger partial charge in [0.05, 0.1) is 0 Å². The van der Waals surface area contributed by atoms with Gasteiger partial charge in [0.1, 0.15) is 18.1 Å². The third kappa shape index (κ3) is 5.80. The minimum Gasteiger partial charge on any atom is -0.387 e. The lowest BCUT2D eigenvalue weighted by molar-refractivity contribution is -0.258. The number of aliphatic hydroxyl groups is 1. The molecule has 1 aromatic carbocycles. The fourth-order valence-corrected chi connectivity index (χ4v) is 2.82. The van der Waals surface area contributed by atoms with E-state index in [2.05, 4.69) is 4.98 Å². The molecule has 28 heavy (non-hydrogen) atoms. The Morgan fingerprint density at radius 1 is 1.36 bits per heavy atom. The highest BCUT2D eigenvalue weighted by atomic mass is 31.1. The van der Waals surface area contributed by atoms with Crippen molar-refractivity contribution in [2.75, 3.05) is 12.3 Å². The van der Waals surface area contributed by atoms with E-state index in [1.165, 1.54) is 12.3 Å². The van der Waals surface area contributed by atoms with Crippen LogP contribution in [0.1, 0.15) is 26.5 Å². The third-order valence-corrected chi connectivity index (χ3v) is 4.46. The van der Waals surface area contributed by atoms with Crippen LogP contribution in [-0.4, -0.2) is 33.2 Å². The van der Waals surface area contributed by atoms with Crippen LogP contribution in [0.2, 0.25) is 0 Å². The van der Waals surface area contributed by atoms with Crippen molar-refractivity contribution in [2.45, 2.75) is 38.5 Å². The molecule has 0 fully saturated rings. The van der Waals surface area contributed by atoms with E-state index >= 15 is 4.39 Å². The average molecular weight is 414 g/mol. The Labute approximate surface area is 161 Å². The lowest BCUT2D eigenvalue weighted by atomic mass is 10.2. The molecule has 0 spiro atoms. The first-order valence-corrected chi connectivity index (χ1v) is 9.57. The van der Waals surface area contributed by atoms with Crippen molar-refractivity contribution in [1.82, 2.24) is 9.55 Å². The number of nitrogen functional groups attached to an aromatic ring is 1. The number of benzene rings is 1. The van der Waals surface area contributed by atoms with E-state index < -0.39 is 38.7 Å². The summed E-state index contributed by atoms with van der Waals surface area (Å²) in [5.41, 5.74) is 4.71. The number of halogens is 1. The summed E-state index contributed by atoms with van der Waals surface area (Å²) in [6.45, 7) is 1.90. The van der Waals surface area contributed by atoms with E-state index in [-0.39, 0.29) is 18.0 Å². The summed E-state index contributed by atoms with van der Waals surface area (Å²) < 4.78 is 43.4. The van der Waals surface area contributed by atoms with E-state index in [9.17, 15) is 14.5 Å². The number of nitrogens with two attached hydrogens (primary N) is 1. The number of aliphatic hydroxyl groups excluding tert-OH is 1. The Kier molecular flexibility index (Phi) is 7.59. The van der Waals surface area contributed by atoms with E-state index in [1.807, 2.05) is 0 Å². The topological polar surface area (TPSA) is 126 Å². The van der Waals surface area contributed by atoms with Gasteiger partial charge < -0.3 is 15.6 Å². The summed E-state index contributed by atoms with van der Waals surface area (Å²) in [5, 5.41) is 9.84. The van der Waals surface area contributed by atoms with Crippen molar-refractivity contribution < 1.29 is 27.8 Å². The molecule has 3 N–H and O–H groups in total. The van der Waals surface area contributed by atoms with Gasteiger partial charge in [0.15, 0.2) is 12.4 Å². The number of nitrogens with zero attached hydrogens (tertiary/aromatic N) is 2. The standard InChI is InChI=1S/C17H21FN3O6P/c1-3-15(21-10-9-14(19)20-16(21)23)26-17(18,12(2)22)11-25-28(24)27-13-7-5-4-6-8-13/h4-10,12,15,22H,3,11H2,1-2H3,(H-,19,20,23)/p+1/t12-,15+,17?/m0/s1. The van der Waals surface area contributed by atoms with Gasteiger partial charge in [-0.25, -0.2) is 13.7 Å². The molecule has 0 bridgehead atoms. The van der Waals surface area contributed by atoms with Crippen LogP contribution in [0, 0.1) is 0 Å². The summed E-state index contributed by atoms with van der Waals surface area (Å²) in [7, 11) is -2.72. The predicted octanol–water partition coefficient (Wildman–Crippen LogP) is 2.55. The van der Waals surface area contributed by atoms with Crippen LogP contribution in [0.3, 0.4) is 0 Å². The second-order valence-electron chi connectivity index (χ2n) is 5.89. The van der Waals surface area contributed by atoms with Gasteiger partial charge in [-0.05, 0) is 31.5 Å². The normalized spacial score (nSPS) is 16.1. The molecule has 0 radical (unpaired) electrons. The number of aromatic nitrogens is 2. The highest BCUT2D eigenvalue weighted by Gasteiger charge is 2.44. The first kappa shape index (κ1) is 21.9. The van der Waals surface area contributed by atoms with Gasteiger partial charge in [-0.2, -0.15) is 4.98 Å². The number of anilines is 1. The van der Waals surface area contributed by atoms with Crippen molar-refractivity contribution in [3.05, 3.63) is 53.1 Å². The average Bonchev–Trinajstić information content (AvgIpc) is 2.65. The van der Waals surface area contributed by atoms with E-state index in [4.69, 9.17) is 19.5 Å². The number of hydrogen-bond acceptors (Lipinski definition) is 8. The number of para-hydroxylation sites is 1. The lowest BCUT2D eigenvalue weighted by Crippen LogP contribution is -2.45. The fourth-order valence-electron chi connectivity index (χ4n) is 2.20. The molecule has 2 aromatic rings. The zero-order chi connectivity index (χ0) is 20.7. The smallest absolute Gasteiger partial charge is 0.387 e. The first-order valence-electron chi connectivity index (χ1n) is 8.48.